The number of aliphatic hydroxyl groups excluding tert-OH is 1. The highest BCUT2D eigenvalue weighted by atomic mass is 79.9. The second-order valence-corrected chi connectivity index (χ2v) is 5.09. The van der Waals surface area contributed by atoms with Gasteiger partial charge in [0.15, 0.2) is 0 Å². The average Bonchev–Trinajstić information content (AvgIpc) is 2.27. The summed E-state index contributed by atoms with van der Waals surface area (Å²) in [6.07, 6.45) is -0.495. The molecule has 1 atom stereocenters. The van der Waals surface area contributed by atoms with Gasteiger partial charge in [-0.1, -0.05) is 15.9 Å². The van der Waals surface area contributed by atoms with E-state index in [0.717, 1.165) is 14.6 Å². The van der Waals surface area contributed by atoms with Crippen LogP contribution in [0, 0.1) is 0 Å². The molecule has 0 heterocycles. The molecule has 0 spiro atoms. The zero-order chi connectivity index (χ0) is 12.0. The van der Waals surface area contributed by atoms with Gasteiger partial charge in [-0.25, -0.2) is 0 Å². The topological polar surface area (TPSA) is 41.5 Å². The molecule has 0 saturated heterocycles. The van der Waals surface area contributed by atoms with Gasteiger partial charge in [0.2, 0.25) is 0 Å². The first-order valence-corrected chi connectivity index (χ1v) is 6.66. The summed E-state index contributed by atoms with van der Waals surface area (Å²) >= 11 is 6.83. The van der Waals surface area contributed by atoms with Crippen LogP contribution in [0.15, 0.2) is 27.1 Å². The lowest BCUT2D eigenvalue weighted by Gasteiger charge is -2.13. The highest BCUT2D eigenvalue weighted by molar-refractivity contribution is 9.11. The Bertz CT molecular complexity index is 334. The van der Waals surface area contributed by atoms with Crippen molar-refractivity contribution in [3.05, 3.63) is 27.1 Å². The lowest BCUT2D eigenvalue weighted by Crippen LogP contribution is -2.24. The number of halogens is 2. The Hall–Kier alpha value is -0.100. The molecular formula is C11H15Br2NO2. The van der Waals surface area contributed by atoms with E-state index in [-0.39, 0.29) is 0 Å². The summed E-state index contributed by atoms with van der Waals surface area (Å²) in [5, 5.41) is 12.7. The van der Waals surface area contributed by atoms with Gasteiger partial charge in [-0.15, -0.1) is 0 Å². The molecule has 90 valence electrons. The van der Waals surface area contributed by atoms with Crippen molar-refractivity contribution in [3.8, 4) is 0 Å². The molecule has 1 rings (SSSR count). The minimum absolute atomic E-state index is 0.356. The van der Waals surface area contributed by atoms with E-state index in [1.165, 1.54) is 0 Å². The summed E-state index contributed by atoms with van der Waals surface area (Å²) in [7, 11) is 0. The lowest BCUT2D eigenvalue weighted by atomic mass is 10.3. The predicted molar refractivity (Wildman–Crippen MR) is 72.8 cm³/mol. The molecule has 0 aromatic heterocycles. The van der Waals surface area contributed by atoms with Gasteiger partial charge in [-0.05, 0) is 41.1 Å². The van der Waals surface area contributed by atoms with Gasteiger partial charge < -0.3 is 15.2 Å². The van der Waals surface area contributed by atoms with Crippen LogP contribution in [0.4, 0.5) is 5.69 Å². The van der Waals surface area contributed by atoms with Crippen molar-refractivity contribution < 1.29 is 9.84 Å². The van der Waals surface area contributed by atoms with E-state index in [0.29, 0.717) is 19.8 Å². The molecule has 2 N–H and O–H groups in total. The lowest BCUT2D eigenvalue weighted by molar-refractivity contribution is 0.0496. The Balaban J connectivity index is 2.44. The largest absolute Gasteiger partial charge is 0.389 e. The van der Waals surface area contributed by atoms with E-state index < -0.39 is 6.10 Å². The van der Waals surface area contributed by atoms with Crippen LogP contribution in [-0.2, 0) is 4.74 Å². The van der Waals surface area contributed by atoms with Crippen molar-refractivity contribution in [1.82, 2.24) is 0 Å². The molecule has 0 amide bonds. The Morgan fingerprint density at radius 1 is 1.44 bits per heavy atom. The molecule has 0 aliphatic carbocycles. The third kappa shape index (κ3) is 4.82. The Morgan fingerprint density at radius 2 is 2.19 bits per heavy atom. The fourth-order valence-corrected chi connectivity index (χ4v) is 1.92. The van der Waals surface area contributed by atoms with E-state index in [9.17, 15) is 5.11 Å². The second-order valence-electron chi connectivity index (χ2n) is 3.32. The van der Waals surface area contributed by atoms with Gasteiger partial charge in [-0.3, -0.25) is 0 Å². The van der Waals surface area contributed by atoms with Crippen molar-refractivity contribution >= 4 is 37.5 Å². The fraction of sp³-hybridized carbons (Fsp3) is 0.455. The predicted octanol–water partition coefficient (Wildman–Crippen LogP) is 3.02. The molecule has 0 aliphatic heterocycles. The van der Waals surface area contributed by atoms with Crippen molar-refractivity contribution in [2.45, 2.75) is 13.0 Å². The van der Waals surface area contributed by atoms with Crippen LogP contribution in [-0.4, -0.2) is 31.0 Å². The summed E-state index contributed by atoms with van der Waals surface area (Å²) in [6.45, 7) is 3.35. The maximum absolute atomic E-state index is 9.59. The van der Waals surface area contributed by atoms with Crippen molar-refractivity contribution in [1.29, 1.82) is 0 Å². The number of aliphatic hydroxyl groups is 1. The minimum Gasteiger partial charge on any atom is -0.389 e. The number of hydrogen-bond donors (Lipinski definition) is 2. The first-order chi connectivity index (χ1) is 7.63. The van der Waals surface area contributed by atoms with Crippen LogP contribution >= 0.6 is 31.9 Å². The van der Waals surface area contributed by atoms with Gasteiger partial charge >= 0.3 is 0 Å². The van der Waals surface area contributed by atoms with Crippen LogP contribution in [0.3, 0.4) is 0 Å². The van der Waals surface area contributed by atoms with E-state index in [4.69, 9.17) is 4.74 Å². The number of ether oxygens (including phenoxy) is 1. The summed E-state index contributed by atoms with van der Waals surface area (Å²) < 4.78 is 7.10. The zero-order valence-corrected chi connectivity index (χ0v) is 12.2. The summed E-state index contributed by atoms with van der Waals surface area (Å²) in [5.41, 5.74) is 0.949. The standard InChI is InChI=1S/C11H15Br2NO2/c1-2-16-7-9(15)6-14-11-5-8(12)3-4-10(11)13/h3-5,9,14-15H,2,6-7H2,1H3. The van der Waals surface area contributed by atoms with E-state index in [1.807, 2.05) is 25.1 Å². The van der Waals surface area contributed by atoms with Gasteiger partial charge in [-0.2, -0.15) is 0 Å². The number of rotatable bonds is 6. The van der Waals surface area contributed by atoms with Gasteiger partial charge in [0.05, 0.1) is 12.7 Å². The number of anilines is 1. The molecule has 0 bridgehead atoms. The van der Waals surface area contributed by atoms with Crippen LogP contribution < -0.4 is 5.32 Å². The van der Waals surface area contributed by atoms with Crippen molar-refractivity contribution in [2.75, 3.05) is 25.1 Å². The maximum Gasteiger partial charge on any atom is 0.0945 e. The van der Waals surface area contributed by atoms with E-state index in [2.05, 4.69) is 37.2 Å². The SMILES string of the molecule is CCOCC(O)CNc1cc(Br)ccc1Br. The normalized spacial score (nSPS) is 12.5. The summed E-state index contributed by atoms with van der Waals surface area (Å²) in [5.74, 6) is 0. The van der Waals surface area contributed by atoms with Crippen LogP contribution in [0.25, 0.3) is 0 Å². The molecule has 1 aromatic carbocycles. The zero-order valence-electron chi connectivity index (χ0n) is 9.04. The molecule has 0 aliphatic rings. The fourth-order valence-electron chi connectivity index (χ4n) is 1.17. The van der Waals surface area contributed by atoms with Gasteiger partial charge in [0.25, 0.3) is 0 Å². The molecule has 0 radical (unpaired) electrons. The minimum atomic E-state index is -0.495. The Labute approximate surface area is 112 Å². The Kier molecular flexibility index (Phi) is 6.34. The van der Waals surface area contributed by atoms with Gasteiger partial charge in [0, 0.05) is 27.8 Å². The highest BCUT2D eigenvalue weighted by Gasteiger charge is 2.05. The van der Waals surface area contributed by atoms with E-state index >= 15 is 0 Å². The van der Waals surface area contributed by atoms with Crippen LogP contribution in [0.1, 0.15) is 6.92 Å². The molecule has 16 heavy (non-hydrogen) atoms. The van der Waals surface area contributed by atoms with Crippen LogP contribution in [0.2, 0.25) is 0 Å². The van der Waals surface area contributed by atoms with E-state index in [1.54, 1.807) is 0 Å². The molecule has 1 aromatic rings. The first kappa shape index (κ1) is 14.0. The number of nitrogens with one attached hydrogen (secondary N) is 1. The third-order valence-corrected chi connectivity index (χ3v) is 3.16. The number of benzene rings is 1. The van der Waals surface area contributed by atoms with Crippen molar-refractivity contribution in [3.63, 3.8) is 0 Å². The highest BCUT2D eigenvalue weighted by Crippen LogP contribution is 2.25. The summed E-state index contributed by atoms with van der Waals surface area (Å²) in [6, 6.07) is 5.85. The van der Waals surface area contributed by atoms with Crippen molar-refractivity contribution in [2.24, 2.45) is 0 Å². The van der Waals surface area contributed by atoms with Crippen LogP contribution in [0.5, 0.6) is 0 Å². The first-order valence-electron chi connectivity index (χ1n) is 5.08. The molecule has 5 heteroatoms. The Morgan fingerprint density at radius 3 is 2.88 bits per heavy atom. The molecule has 0 saturated carbocycles. The third-order valence-electron chi connectivity index (χ3n) is 1.97. The monoisotopic (exact) mass is 351 g/mol. The summed E-state index contributed by atoms with van der Waals surface area (Å²) in [4.78, 5) is 0. The van der Waals surface area contributed by atoms with Gasteiger partial charge in [0.1, 0.15) is 0 Å². The average molecular weight is 353 g/mol. The number of hydrogen-bond acceptors (Lipinski definition) is 3. The maximum atomic E-state index is 9.59. The molecular weight excluding hydrogens is 338 g/mol. The smallest absolute Gasteiger partial charge is 0.0945 e. The molecule has 1 unspecified atom stereocenters. The molecule has 0 fully saturated rings. The molecule has 3 nitrogen and oxygen atoms in total. The quantitative estimate of drug-likeness (QED) is 0.826. The second kappa shape index (κ2) is 7.27.